The molecule has 1 fully saturated rings. The predicted molar refractivity (Wildman–Crippen MR) is 51.9 cm³/mol. The van der Waals surface area contributed by atoms with Gasteiger partial charge in [-0.05, 0) is 12.8 Å². The number of nitrogens with one attached hydrogen (secondary N) is 1. The molecule has 0 spiro atoms. The Bertz CT molecular complexity index is 364. The molecule has 15 heavy (non-hydrogen) atoms. The summed E-state index contributed by atoms with van der Waals surface area (Å²) in [6.45, 7) is 0.625. The third-order valence-electron chi connectivity index (χ3n) is 2.55. The maximum absolute atomic E-state index is 11.9. The van der Waals surface area contributed by atoms with E-state index in [-0.39, 0.29) is 30.3 Å². The van der Waals surface area contributed by atoms with Gasteiger partial charge in [-0.3, -0.25) is 9.89 Å². The van der Waals surface area contributed by atoms with E-state index in [1.807, 2.05) is 0 Å². The number of nitrogens with zero attached hydrogens (tertiary/aromatic N) is 3. The van der Waals surface area contributed by atoms with E-state index in [1.165, 1.54) is 0 Å². The van der Waals surface area contributed by atoms with Crippen LogP contribution in [0.3, 0.4) is 0 Å². The number of nitrogen functional groups attached to an aromatic ring is 1. The maximum Gasteiger partial charge on any atom is 0.291 e. The Balaban J connectivity index is 2.13. The molecule has 1 unspecified atom stereocenters. The molecule has 7 heteroatoms. The highest BCUT2D eigenvalue weighted by Crippen LogP contribution is 2.18. The summed E-state index contributed by atoms with van der Waals surface area (Å²) >= 11 is 0. The van der Waals surface area contributed by atoms with Crippen LogP contribution in [0.2, 0.25) is 0 Å². The first kappa shape index (κ1) is 9.91. The van der Waals surface area contributed by atoms with E-state index in [0.29, 0.717) is 6.54 Å². The Morgan fingerprint density at radius 2 is 2.53 bits per heavy atom. The van der Waals surface area contributed by atoms with Gasteiger partial charge in [0.1, 0.15) is 0 Å². The first-order chi connectivity index (χ1) is 7.22. The van der Waals surface area contributed by atoms with Crippen molar-refractivity contribution in [3.05, 3.63) is 5.82 Å². The van der Waals surface area contributed by atoms with Crippen LogP contribution >= 0.6 is 0 Å². The van der Waals surface area contributed by atoms with Crippen LogP contribution in [0.5, 0.6) is 0 Å². The first-order valence-corrected chi connectivity index (χ1v) is 4.82. The van der Waals surface area contributed by atoms with Gasteiger partial charge in [-0.1, -0.05) is 0 Å². The van der Waals surface area contributed by atoms with Crippen molar-refractivity contribution in [2.75, 3.05) is 18.9 Å². The summed E-state index contributed by atoms with van der Waals surface area (Å²) in [6.07, 6.45) is 1.73. The summed E-state index contributed by atoms with van der Waals surface area (Å²) in [5, 5.41) is 15.1. The van der Waals surface area contributed by atoms with Gasteiger partial charge >= 0.3 is 0 Å². The number of aromatic nitrogens is 3. The minimum atomic E-state index is -0.254. The summed E-state index contributed by atoms with van der Waals surface area (Å²) in [5.41, 5.74) is 5.31. The number of hydrogen-bond acceptors (Lipinski definition) is 5. The van der Waals surface area contributed by atoms with Gasteiger partial charge in [-0.2, -0.15) is 4.98 Å². The molecule has 1 aliphatic rings. The van der Waals surface area contributed by atoms with Crippen LogP contribution in [0.4, 0.5) is 5.95 Å². The molecule has 7 nitrogen and oxygen atoms in total. The van der Waals surface area contributed by atoms with Gasteiger partial charge in [-0.15, -0.1) is 5.10 Å². The molecule has 82 valence electrons. The number of hydrogen-bond donors (Lipinski definition) is 3. The summed E-state index contributed by atoms with van der Waals surface area (Å²) in [6, 6.07) is -0.108. The molecule has 1 saturated heterocycles. The molecular formula is C8H13N5O2. The predicted octanol–water partition coefficient (Wildman–Crippen LogP) is -1.02. The van der Waals surface area contributed by atoms with Crippen LogP contribution < -0.4 is 5.73 Å². The van der Waals surface area contributed by atoms with Gasteiger partial charge in [0.05, 0.1) is 12.6 Å². The van der Waals surface area contributed by atoms with Gasteiger partial charge in [0.15, 0.2) is 0 Å². The standard InChI is InChI=1S/C8H13N5O2/c9-8-10-6(11-12-8)7(15)13-3-1-2-5(13)4-14/h5,14H,1-4H2,(H3,9,10,11,12). The fourth-order valence-electron chi connectivity index (χ4n) is 1.80. The molecule has 0 bridgehead atoms. The van der Waals surface area contributed by atoms with Crippen LogP contribution in [-0.2, 0) is 0 Å². The zero-order valence-electron chi connectivity index (χ0n) is 8.18. The fraction of sp³-hybridized carbons (Fsp3) is 0.625. The third kappa shape index (κ3) is 1.78. The molecule has 1 aliphatic heterocycles. The summed E-state index contributed by atoms with van der Waals surface area (Å²) in [4.78, 5) is 17.2. The number of anilines is 1. The molecule has 1 atom stereocenters. The normalized spacial score (nSPS) is 20.9. The molecule has 0 aromatic carbocycles. The number of aliphatic hydroxyl groups excluding tert-OH is 1. The minimum absolute atomic E-state index is 0.0185. The summed E-state index contributed by atoms with van der Waals surface area (Å²) in [7, 11) is 0. The van der Waals surface area contributed by atoms with Crippen molar-refractivity contribution < 1.29 is 9.90 Å². The van der Waals surface area contributed by atoms with Crippen molar-refractivity contribution in [3.63, 3.8) is 0 Å². The number of rotatable bonds is 2. The molecule has 1 aromatic rings. The van der Waals surface area contributed by atoms with Gasteiger partial charge in [0.25, 0.3) is 5.91 Å². The average molecular weight is 211 g/mol. The van der Waals surface area contributed by atoms with Gasteiger partial charge in [0.2, 0.25) is 11.8 Å². The minimum Gasteiger partial charge on any atom is -0.394 e. The Kier molecular flexibility index (Phi) is 2.55. The Hall–Kier alpha value is -1.63. The molecule has 4 N–H and O–H groups in total. The van der Waals surface area contributed by atoms with Crippen molar-refractivity contribution in [3.8, 4) is 0 Å². The molecule has 0 saturated carbocycles. The van der Waals surface area contributed by atoms with Crippen molar-refractivity contribution in [2.24, 2.45) is 0 Å². The SMILES string of the molecule is Nc1n[nH]c(C(=O)N2CCCC2CO)n1. The molecule has 1 aromatic heterocycles. The van der Waals surface area contributed by atoms with Crippen molar-refractivity contribution in [1.82, 2.24) is 20.1 Å². The molecule has 1 amide bonds. The van der Waals surface area contributed by atoms with Crippen LogP contribution in [0.1, 0.15) is 23.5 Å². The Labute approximate surface area is 86.3 Å². The van der Waals surface area contributed by atoms with Crippen LogP contribution in [0.15, 0.2) is 0 Å². The quantitative estimate of drug-likeness (QED) is 0.580. The van der Waals surface area contributed by atoms with Crippen molar-refractivity contribution in [1.29, 1.82) is 0 Å². The average Bonchev–Trinajstić information content (AvgIpc) is 2.84. The summed E-state index contributed by atoms with van der Waals surface area (Å²) < 4.78 is 0. The number of likely N-dealkylation sites (tertiary alicyclic amines) is 1. The summed E-state index contributed by atoms with van der Waals surface area (Å²) in [5.74, 6) is -0.0679. The van der Waals surface area contributed by atoms with Gasteiger partial charge < -0.3 is 15.7 Å². The van der Waals surface area contributed by atoms with Crippen LogP contribution in [-0.4, -0.2) is 50.3 Å². The van der Waals surface area contributed by atoms with E-state index in [2.05, 4.69) is 15.2 Å². The lowest BCUT2D eigenvalue weighted by atomic mass is 10.2. The van der Waals surface area contributed by atoms with Crippen molar-refractivity contribution >= 4 is 11.9 Å². The second-order valence-electron chi connectivity index (χ2n) is 3.52. The lowest BCUT2D eigenvalue weighted by molar-refractivity contribution is 0.0666. The molecular weight excluding hydrogens is 198 g/mol. The monoisotopic (exact) mass is 211 g/mol. The number of aliphatic hydroxyl groups is 1. The smallest absolute Gasteiger partial charge is 0.291 e. The highest BCUT2D eigenvalue weighted by Gasteiger charge is 2.30. The molecule has 0 aliphatic carbocycles. The van der Waals surface area contributed by atoms with Crippen LogP contribution in [0.25, 0.3) is 0 Å². The Morgan fingerprint density at radius 3 is 3.13 bits per heavy atom. The van der Waals surface area contributed by atoms with Gasteiger partial charge in [0, 0.05) is 6.54 Å². The second kappa shape index (κ2) is 3.85. The molecule has 2 heterocycles. The van der Waals surface area contributed by atoms with E-state index in [0.717, 1.165) is 12.8 Å². The van der Waals surface area contributed by atoms with Crippen molar-refractivity contribution in [2.45, 2.75) is 18.9 Å². The third-order valence-corrected chi connectivity index (χ3v) is 2.55. The second-order valence-corrected chi connectivity index (χ2v) is 3.52. The number of H-pyrrole nitrogens is 1. The number of aromatic amines is 1. The van der Waals surface area contributed by atoms with Crippen LogP contribution in [0, 0.1) is 0 Å². The highest BCUT2D eigenvalue weighted by molar-refractivity contribution is 5.91. The topological polar surface area (TPSA) is 108 Å². The molecule has 2 rings (SSSR count). The van der Waals surface area contributed by atoms with E-state index in [1.54, 1.807) is 4.90 Å². The number of carbonyl (C=O) groups excluding carboxylic acids is 1. The largest absolute Gasteiger partial charge is 0.394 e. The van der Waals surface area contributed by atoms with Gasteiger partial charge in [-0.25, -0.2) is 0 Å². The number of carbonyl (C=O) groups is 1. The fourth-order valence-corrected chi connectivity index (χ4v) is 1.80. The van der Waals surface area contributed by atoms with E-state index < -0.39 is 0 Å². The van der Waals surface area contributed by atoms with E-state index in [4.69, 9.17) is 10.8 Å². The molecule has 0 radical (unpaired) electrons. The lowest BCUT2D eigenvalue weighted by Gasteiger charge is -2.21. The highest BCUT2D eigenvalue weighted by atomic mass is 16.3. The van der Waals surface area contributed by atoms with E-state index in [9.17, 15) is 4.79 Å². The first-order valence-electron chi connectivity index (χ1n) is 4.82. The Morgan fingerprint density at radius 1 is 1.73 bits per heavy atom. The maximum atomic E-state index is 11.9. The number of amides is 1. The zero-order chi connectivity index (χ0) is 10.8. The zero-order valence-corrected chi connectivity index (χ0v) is 8.18. The lowest BCUT2D eigenvalue weighted by Crippen LogP contribution is -2.38. The van der Waals surface area contributed by atoms with E-state index >= 15 is 0 Å². The number of nitrogens with two attached hydrogens (primary N) is 1.